The maximum atomic E-state index is 13.4. The van der Waals surface area contributed by atoms with Crippen LogP contribution in [0.4, 0.5) is 5.69 Å². The monoisotopic (exact) mass is 556 g/mol. The number of nitrogens with one attached hydrogen (secondary N) is 3. The molecule has 2 aromatic rings. The summed E-state index contributed by atoms with van der Waals surface area (Å²) in [5.41, 5.74) is 1.47. The molecule has 0 spiro atoms. The molecule has 1 aliphatic rings. The van der Waals surface area contributed by atoms with Gasteiger partial charge in [0.2, 0.25) is 12.3 Å². The van der Waals surface area contributed by atoms with E-state index in [2.05, 4.69) is 16.0 Å². The molecule has 3 rings (SSSR count). The van der Waals surface area contributed by atoms with E-state index in [1.807, 2.05) is 51.1 Å². The number of aryl methyl sites for hydroxylation is 1. The van der Waals surface area contributed by atoms with Crippen molar-refractivity contribution in [2.24, 2.45) is 0 Å². The van der Waals surface area contributed by atoms with Gasteiger partial charge in [-0.3, -0.25) is 19.2 Å². The van der Waals surface area contributed by atoms with Gasteiger partial charge in [-0.15, -0.1) is 11.8 Å². The normalized spacial score (nSPS) is 16.6. The minimum Gasteiger partial charge on any atom is -0.481 e. The van der Waals surface area contributed by atoms with Crippen molar-refractivity contribution in [3.63, 3.8) is 0 Å². The lowest BCUT2D eigenvalue weighted by Gasteiger charge is -2.31. The molecule has 3 atom stereocenters. The van der Waals surface area contributed by atoms with Crippen molar-refractivity contribution in [3.05, 3.63) is 59.7 Å². The lowest BCUT2D eigenvalue weighted by Crippen LogP contribution is -2.58. The number of aliphatic hydroxyl groups is 1. The van der Waals surface area contributed by atoms with Crippen LogP contribution in [0.3, 0.4) is 0 Å². The van der Waals surface area contributed by atoms with Crippen LogP contribution in [-0.4, -0.2) is 76.1 Å². The Morgan fingerprint density at radius 3 is 2.54 bits per heavy atom. The third-order valence-electron chi connectivity index (χ3n) is 6.02. The van der Waals surface area contributed by atoms with Gasteiger partial charge in [0.15, 0.2) is 12.7 Å². The Morgan fingerprint density at radius 1 is 1.15 bits per heavy atom. The van der Waals surface area contributed by atoms with Crippen LogP contribution >= 0.6 is 11.8 Å². The van der Waals surface area contributed by atoms with E-state index < -0.39 is 42.1 Å². The smallest absolute Gasteiger partial charge is 0.258 e. The fourth-order valence-electron chi connectivity index (χ4n) is 4.19. The quantitative estimate of drug-likeness (QED) is 0.310. The fourth-order valence-corrected chi connectivity index (χ4v) is 5.35. The zero-order valence-corrected chi connectivity index (χ0v) is 23.4. The third kappa shape index (κ3) is 8.46. The molecular weight excluding hydrogens is 520 g/mol. The van der Waals surface area contributed by atoms with Crippen molar-refractivity contribution in [1.29, 1.82) is 0 Å². The van der Waals surface area contributed by atoms with Crippen LogP contribution in [0, 0.1) is 6.92 Å². The number of carbonyl (C=O) groups is 4. The van der Waals surface area contributed by atoms with Gasteiger partial charge < -0.3 is 30.7 Å². The molecule has 1 heterocycles. The van der Waals surface area contributed by atoms with Crippen LogP contribution in [0.15, 0.2) is 48.5 Å². The number of thioether (sulfide) groups is 1. The van der Waals surface area contributed by atoms with Crippen LogP contribution in [0.25, 0.3) is 0 Å². The number of aliphatic hydroxyl groups excluding tert-OH is 1. The van der Waals surface area contributed by atoms with E-state index >= 15 is 0 Å². The molecule has 1 fully saturated rings. The summed E-state index contributed by atoms with van der Waals surface area (Å²) in [6, 6.07) is 12.7. The molecule has 0 saturated carbocycles. The van der Waals surface area contributed by atoms with Gasteiger partial charge in [0, 0.05) is 11.3 Å². The van der Waals surface area contributed by atoms with Crippen molar-refractivity contribution < 1.29 is 29.0 Å². The van der Waals surface area contributed by atoms with Gasteiger partial charge in [-0.05, 0) is 51.3 Å². The lowest BCUT2D eigenvalue weighted by molar-refractivity contribution is -0.147. The molecule has 39 heavy (non-hydrogen) atoms. The summed E-state index contributed by atoms with van der Waals surface area (Å²) in [5.74, 6) is -0.459. The summed E-state index contributed by atoms with van der Waals surface area (Å²) >= 11 is 1.43. The van der Waals surface area contributed by atoms with Gasteiger partial charge >= 0.3 is 0 Å². The average molecular weight is 557 g/mol. The average Bonchev–Trinajstić information content (AvgIpc) is 3.37. The minimum absolute atomic E-state index is 0.182. The van der Waals surface area contributed by atoms with Crippen molar-refractivity contribution in [2.75, 3.05) is 23.6 Å². The van der Waals surface area contributed by atoms with Crippen molar-refractivity contribution in [3.8, 4) is 5.75 Å². The molecule has 2 aromatic carbocycles. The largest absolute Gasteiger partial charge is 0.481 e. The number of ether oxygens (including phenoxy) is 1. The second-order valence-corrected chi connectivity index (χ2v) is 11.4. The van der Waals surface area contributed by atoms with Crippen molar-refractivity contribution >= 4 is 41.6 Å². The number of carbonyl (C=O) groups excluding carboxylic acids is 4. The molecule has 0 unspecified atom stereocenters. The van der Waals surface area contributed by atoms with Gasteiger partial charge in [0.05, 0.1) is 17.6 Å². The van der Waals surface area contributed by atoms with Gasteiger partial charge in [-0.2, -0.15) is 0 Å². The molecule has 11 heteroatoms. The number of amides is 4. The Morgan fingerprint density at radius 2 is 1.87 bits per heavy atom. The van der Waals surface area contributed by atoms with Crippen LogP contribution < -0.4 is 20.7 Å². The molecule has 0 bridgehead atoms. The number of nitrogens with zero attached hydrogens (tertiary/aromatic N) is 1. The van der Waals surface area contributed by atoms with E-state index in [0.29, 0.717) is 23.6 Å². The van der Waals surface area contributed by atoms with E-state index in [9.17, 15) is 24.3 Å². The Balaban J connectivity index is 1.75. The summed E-state index contributed by atoms with van der Waals surface area (Å²) in [6.07, 6.45) is -0.893. The van der Waals surface area contributed by atoms with E-state index in [-0.39, 0.29) is 18.2 Å². The zero-order chi connectivity index (χ0) is 28.6. The number of anilines is 1. The summed E-state index contributed by atoms with van der Waals surface area (Å²) in [6.45, 7) is 6.95. The molecule has 0 radical (unpaired) electrons. The first-order valence-electron chi connectivity index (χ1n) is 12.6. The second-order valence-electron chi connectivity index (χ2n) is 10.4. The summed E-state index contributed by atoms with van der Waals surface area (Å²) < 4.78 is 5.70. The second kappa shape index (κ2) is 13.5. The molecule has 1 saturated heterocycles. The molecule has 0 aliphatic carbocycles. The van der Waals surface area contributed by atoms with Crippen molar-refractivity contribution in [2.45, 2.75) is 57.8 Å². The first-order valence-corrected chi connectivity index (χ1v) is 13.8. The van der Waals surface area contributed by atoms with Crippen LogP contribution in [0.1, 0.15) is 31.9 Å². The lowest BCUT2D eigenvalue weighted by atomic mass is 9.99. The topological polar surface area (TPSA) is 137 Å². The first kappa shape index (κ1) is 30.0. The number of hydrogen-bond donors (Lipinski definition) is 4. The van der Waals surface area contributed by atoms with Gasteiger partial charge in [-0.1, -0.05) is 42.5 Å². The Labute approximate surface area is 232 Å². The molecule has 4 amide bonds. The Bertz CT molecular complexity index is 1170. The maximum absolute atomic E-state index is 13.4. The highest BCUT2D eigenvalue weighted by Crippen LogP contribution is 2.28. The molecule has 0 aromatic heterocycles. The predicted octanol–water partition coefficient (Wildman–Crippen LogP) is 1.85. The molecular formula is C28H36N4O6S. The number of para-hydroxylation sites is 1. The van der Waals surface area contributed by atoms with Gasteiger partial charge in [-0.25, -0.2) is 0 Å². The molecule has 1 aliphatic heterocycles. The Hall–Kier alpha value is -3.57. The highest BCUT2D eigenvalue weighted by molar-refractivity contribution is 7.99. The standard InChI is InChI=1S/C28H36N4O6S/c1-18-9-8-12-20(29-16-33)25(18)38-14-23(34)30-21(13-19-10-6-5-7-11-19)24(35)27(37)32-17-39-15-22(32)26(36)31-28(2,3)4/h5-12,16,21-22,24,35H,13-15,17H2,1-4H3,(H,29,33)(H,30,34)(H,31,36)/t21-,22-,24-/m0/s1. The Kier molecular flexibility index (Phi) is 10.4. The molecule has 10 nitrogen and oxygen atoms in total. The molecule has 210 valence electrons. The van der Waals surface area contributed by atoms with Crippen molar-refractivity contribution in [1.82, 2.24) is 15.5 Å². The number of hydrogen-bond acceptors (Lipinski definition) is 7. The highest BCUT2D eigenvalue weighted by atomic mass is 32.2. The van der Waals surface area contributed by atoms with E-state index in [4.69, 9.17) is 4.74 Å². The summed E-state index contributed by atoms with van der Waals surface area (Å²) in [5, 5.41) is 19.4. The van der Waals surface area contributed by atoms with E-state index in [1.54, 1.807) is 25.1 Å². The summed E-state index contributed by atoms with van der Waals surface area (Å²) in [7, 11) is 0. The van der Waals surface area contributed by atoms with Gasteiger partial charge in [0.1, 0.15) is 11.8 Å². The minimum atomic E-state index is -1.59. The van der Waals surface area contributed by atoms with Gasteiger partial charge in [0.25, 0.3) is 11.8 Å². The SMILES string of the molecule is Cc1cccc(NC=O)c1OCC(=O)N[C@@H](Cc1ccccc1)[C@H](O)C(=O)N1CSC[C@H]1C(=O)NC(C)(C)C. The maximum Gasteiger partial charge on any atom is 0.258 e. The van der Waals surface area contributed by atoms with E-state index in [0.717, 1.165) is 11.1 Å². The fraction of sp³-hybridized carbons (Fsp3) is 0.429. The first-order chi connectivity index (χ1) is 18.5. The van der Waals surface area contributed by atoms with E-state index in [1.165, 1.54) is 16.7 Å². The highest BCUT2D eigenvalue weighted by Gasteiger charge is 2.40. The predicted molar refractivity (Wildman–Crippen MR) is 150 cm³/mol. The number of benzene rings is 2. The summed E-state index contributed by atoms with van der Waals surface area (Å²) in [4.78, 5) is 51.5. The zero-order valence-electron chi connectivity index (χ0n) is 22.6. The van der Waals surface area contributed by atoms with Crippen LogP contribution in [0.2, 0.25) is 0 Å². The van der Waals surface area contributed by atoms with Crippen LogP contribution in [0.5, 0.6) is 5.75 Å². The third-order valence-corrected chi connectivity index (χ3v) is 7.03. The number of rotatable bonds is 11. The molecule has 4 N–H and O–H groups in total. The van der Waals surface area contributed by atoms with Crippen LogP contribution in [-0.2, 0) is 25.6 Å².